The Hall–Kier alpha value is -1.58. The van der Waals surface area contributed by atoms with Crippen molar-refractivity contribution in [2.75, 3.05) is 7.11 Å². The molecule has 0 amide bonds. The molecule has 64 valence electrons. The van der Waals surface area contributed by atoms with Crippen LogP contribution in [0.5, 0.6) is 11.5 Å². The van der Waals surface area contributed by atoms with E-state index in [9.17, 15) is 4.91 Å². The summed E-state index contributed by atoms with van der Waals surface area (Å²) in [6.45, 7) is 1.66. The minimum atomic E-state index is -0.122. The van der Waals surface area contributed by atoms with Gasteiger partial charge in [-0.15, -0.1) is 4.91 Å². The third kappa shape index (κ3) is 1.23. The van der Waals surface area contributed by atoms with Crippen LogP contribution in [0.1, 0.15) is 5.56 Å². The van der Waals surface area contributed by atoms with E-state index in [4.69, 9.17) is 9.84 Å². The number of hydrogen-bond donors (Lipinski definition) is 1. The molecule has 1 N–H and O–H groups in total. The average Bonchev–Trinajstić information content (AvgIpc) is 2.06. The predicted octanol–water partition coefficient (Wildman–Crippen LogP) is 2.11. The molecule has 0 saturated heterocycles. The Bertz CT molecular complexity index is 309. The van der Waals surface area contributed by atoms with Crippen molar-refractivity contribution in [3.63, 3.8) is 0 Å². The van der Waals surface area contributed by atoms with Gasteiger partial charge in [0.1, 0.15) is 11.5 Å². The maximum atomic E-state index is 10.3. The molecule has 0 radical (unpaired) electrons. The lowest BCUT2D eigenvalue weighted by Crippen LogP contribution is -1.86. The lowest BCUT2D eigenvalue weighted by molar-refractivity contribution is 0.409. The van der Waals surface area contributed by atoms with Crippen molar-refractivity contribution < 1.29 is 9.84 Å². The van der Waals surface area contributed by atoms with Crippen LogP contribution in [0.4, 0.5) is 5.69 Å². The fourth-order valence-electron chi connectivity index (χ4n) is 1.00. The van der Waals surface area contributed by atoms with Gasteiger partial charge in [-0.1, -0.05) is 0 Å². The van der Waals surface area contributed by atoms with Gasteiger partial charge in [-0.05, 0) is 24.2 Å². The number of nitrogens with zero attached hydrogens (tertiary/aromatic N) is 1. The van der Waals surface area contributed by atoms with Gasteiger partial charge in [0.05, 0.1) is 7.11 Å². The fourth-order valence-corrected chi connectivity index (χ4v) is 1.00. The zero-order chi connectivity index (χ0) is 9.14. The minimum Gasteiger partial charge on any atom is -0.506 e. The number of rotatable bonds is 2. The van der Waals surface area contributed by atoms with Crippen LogP contribution in [-0.2, 0) is 0 Å². The Balaban J connectivity index is 3.33. The SMILES string of the molecule is COc1ccc(O)c(N=O)c1C. The molecule has 12 heavy (non-hydrogen) atoms. The Morgan fingerprint density at radius 3 is 2.67 bits per heavy atom. The molecule has 1 aromatic carbocycles. The quantitative estimate of drug-likeness (QED) is 0.686. The number of benzene rings is 1. The Labute approximate surface area is 69.8 Å². The van der Waals surface area contributed by atoms with Crippen LogP contribution in [-0.4, -0.2) is 12.2 Å². The lowest BCUT2D eigenvalue weighted by Gasteiger charge is -2.05. The van der Waals surface area contributed by atoms with Crippen LogP contribution in [0.3, 0.4) is 0 Å². The topological polar surface area (TPSA) is 58.9 Å². The van der Waals surface area contributed by atoms with E-state index >= 15 is 0 Å². The van der Waals surface area contributed by atoms with Crippen LogP contribution in [0.15, 0.2) is 17.3 Å². The fraction of sp³-hybridized carbons (Fsp3) is 0.250. The second-order valence-electron chi connectivity index (χ2n) is 2.35. The summed E-state index contributed by atoms with van der Waals surface area (Å²) in [4.78, 5) is 10.3. The first-order valence-corrected chi connectivity index (χ1v) is 3.40. The molecular weight excluding hydrogens is 158 g/mol. The molecule has 0 unspecified atom stereocenters. The molecule has 0 bridgehead atoms. The molecule has 0 aliphatic heterocycles. The molecule has 0 fully saturated rings. The highest BCUT2D eigenvalue weighted by Crippen LogP contribution is 2.35. The van der Waals surface area contributed by atoms with Gasteiger partial charge in [-0.25, -0.2) is 0 Å². The van der Waals surface area contributed by atoms with Crippen molar-refractivity contribution in [3.8, 4) is 11.5 Å². The highest BCUT2D eigenvalue weighted by Gasteiger charge is 2.09. The first kappa shape index (κ1) is 8.52. The van der Waals surface area contributed by atoms with Gasteiger partial charge >= 0.3 is 0 Å². The first-order chi connectivity index (χ1) is 5.70. The first-order valence-electron chi connectivity index (χ1n) is 3.40. The van der Waals surface area contributed by atoms with E-state index in [2.05, 4.69) is 5.18 Å². The maximum Gasteiger partial charge on any atom is 0.156 e. The molecule has 4 heteroatoms. The standard InChI is InChI=1S/C8H9NO3/c1-5-7(12-2)4-3-6(10)8(5)9-11/h3-4,10H,1-2H3. The van der Waals surface area contributed by atoms with E-state index in [1.165, 1.54) is 13.2 Å². The molecule has 4 nitrogen and oxygen atoms in total. The Morgan fingerprint density at radius 1 is 1.50 bits per heavy atom. The molecule has 0 aliphatic carbocycles. The molecule has 1 rings (SSSR count). The predicted molar refractivity (Wildman–Crippen MR) is 44.9 cm³/mol. The molecular formula is C8H9NO3. The van der Waals surface area contributed by atoms with Crippen molar-refractivity contribution in [3.05, 3.63) is 22.6 Å². The molecule has 0 saturated carbocycles. The van der Waals surface area contributed by atoms with E-state index < -0.39 is 0 Å². The van der Waals surface area contributed by atoms with E-state index in [1.807, 2.05) is 0 Å². The molecule has 0 spiro atoms. The second kappa shape index (κ2) is 3.21. The normalized spacial score (nSPS) is 9.50. The van der Waals surface area contributed by atoms with Gasteiger partial charge in [-0.2, -0.15) is 0 Å². The monoisotopic (exact) mass is 167 g/mol. The van der Waals surface area contributed by atoms with Gasteiger partial charge < -0.3 is 9.84 Å². The van der Waals surface area contributed by atoms with Gasteiger partial charge in [0.15, 0.2) is 5.69 Å². The van der Waals surface area contributed by atoms with Crippen molar-refractivity contribution in [2.45, 2.75) is 6.92 Å². The zero-order valence-corrected chi connectivity index (χ0v) is 6.87. The zero-order valence-electron chi connectivity index (χ0n) is 6.87. The number of hydrogen-bond acceptors (Lipinski definition) is 4. The number of ether oxygens (including phenoxy) is 1. The molecule has 1 aromatic rings. The van der Waals surface area contributed by atoms with Crippen LogP contribution >= 0.6 is 0 Å². The second-order valence-corrected chi connectivity index (χ2v) is 2.35. The van der Waals surface area contributed by atoms with Crippen LogP contribution in [0.2, 0.25) is 0 Å². The smallest absolute Gasteiger partial charge is 0.156 e. The number of aromatic hydroxyl groups is 1. The highest BCUT2D eigenvalue weighted by molar-refractivity contribution is 5.61. The van der Waals surface area contributed by atoms with Crippen molar-refractivity contribution in [1.82, 2.24) is 0 Å². The third-order valence-electron chi connectivity index (χ3n) is 1.67. The minimum absolute atomic E-state index is 0.0364. The maximum absolute atomic E-state index is 10.3. The van der Waals surface area contributed by atoms with Gasteiger partial charge in [0, 0.05) is 5.56 Å². The number of nitroso groups, excluding NO2 is 1. The summed E-state index contributed by atoms with van der Waals surface area (Å²) in [7, 11) is 1.49. The summed E-state index contributed by atoms with van der Waals surface area (Å²) < 4.78 is 4.93. The number of methoxy groups -OCH3 is 1. The Morgan fingerprint density at radius 2 is 2.17 bits per heavy atom. The van der Waals surface area contributed by atoms with Crippen molar-refractivity contribution in [1.29, 1.82) is 0 Å². The Kier molecular flexibility index (Phi) is 2.28. The largest absolute Gasteiger partial charge is 0.506 e. The van der Waals surface area contributed by atoms with Gasteiger partial charge in [-0.3, -0.25) is 0 Å². The molecule has 0 aliphatic rings. The summed E-state index contributed by atoms with van der Waals surface area (Å²) in [5.41, 5.74) is 0.585. The van der Waals surface area contributed by atoms with Crippen LogP contribution in [0.25, 0.3) is 0 Å². The summed E-state index contributed by atoms with van der Waals surface area (Å²) >= 11 is 0. The lowest BCUT2D eigenvalue weighted by atomic mass is 10.1. The van der Waals surface area contributed by atoms with Crippen LogP contribution < -0.4 is 4.74 Å². The average molecular weight is 167 g/mol. The van der Waals surface area contributed by atoms with E-state index in [0.717, 1.165) is 0 Å². The van der Waals surface area contributed by atoms with E-state index in [1.54, 1.807) is 13.0 Å². The summed E-state index contributed by atoms with van der Waals surface area (Å²) in [6, 6.07) is 2.96. The summed E-state index contributed by atoms with van der Waals surface area (Å²) in [6.07, 6.45) is 0. The molecule has 0 aromatic heterocycles. The number of phenolic OH excluding ortho intramolecular Hbond substituents is 1. The number of phenols is 1. The van der Waals surface area contributed by atoms with Gasteiger partial charge in [0.25, 0.3) is 0 Å². The van der Waals surface area contributed by atoms with Crippen molar-refractivity contribution >= 4 is 5.69 Å². The highest BCUT2D eigenvalue weighted by atomic mass is 16.5. The van der Waals surface area contributed by atoms with Crippen LogP contribution in [0, 0.1) is 11.8 Å². The molecule has 0 atom stereocenters. The van der Waals surface area contributed by atoms with E-state index in [-0.39, 0.29) is 11.4 Å². The van der Waals surface area contributed by atoms with Gasteiger partial charge in [0.2, 0.25) is 0 Å². The van der Waals surface area contributed by atoms with Crippen molar-refractivity contribution in [2.24, 2.45) is 5.18 Å². The summed E-state index contributed by atoms with van der Waals surface area (Å²) in [5, 5.41) is 11.9. The van der Waals surface area contributed by atoms with E-state index in [0.29, 0.717) is 11.3 Å². The summed E-state index contributed by atoms with van der Waals surface area (Å²) in [5.74, 6) is 0.422. The molecule has 0 heterocycles. The third-order valence-corrected chi connectivity index (χ3v) is 1.67.